The molecule has 0 saturated carbocycles. The normalized spacial score (nSPS) is 10.8. The van der Waals surface area contributed by atoms with Gasteiger partial charge >= 0.3 is 0 Å². The highest BCUT2D eigenvalue weighted by molar-refractivity contribution is 7.80. The lowest BCUT2D eigenvalue weighted by Crippen LogP contribution is -2.10. The first kappa shape index (κ1) is 17.9. The molecule has 0 aromatic heterocycles. The first-order valence-corrected chi connectivity index (χ1v) is 7.68. The van der Waals surface area contributed by atoms with Crippen molar-refractivity contribution in [2.45, 2.75) is 20.3 Å². The van der Waals surface area contributed by atoms with Crippen molar-refractivity contribution in [2.75, 3.05) is 33.0 Å². The molecular weight excluding hydrogens is 286 g/mol. The maximum absolute atomic E-state index is 5.60. The third-order valence-corrected chi connectivity index (χ3v) is 2.90. The fraction of sp³-hybridized carbons (Fsp3) is 0.562. The number of hydrogen-bond donors (Lipinski definition) is 1. The Bertz CT molecular complexity index is 406. The van der Waals surface area contributed by atoms with Gasteiger partial charge in [-0.25, -0.2) is 0 Å². The summed E-state index contributed by atoms with van der Waals surface area (Å²) in [6.45, 7) is 7.64. The predicted molar refractivity (Wildman–Crippen MR) is 88.9 cm³/mol. The molecule has 5 heteroatoms. The summed E-state index contributed by atoms with van der Waals surface area (Å²) < 4.78 is 16.5. The second kappa shape index (κ2) is 10.5. The van der Waals surface area contributed by atoms with Crippen LogP contribution in [0.2, 0.25) is 0 Å². The van der Waals surface area contributed by atoms with E-state index in [0.29, 0.717) is 37.3 Å². The van der Waals surface area contributed by atoms with Crippen molar-refractivity contribution in [3.8, 4) is 5.75 Å². The van der Waals surface area contributed by atoms with E-state index in [4.69, 9.17) is 32.2 Å². The summed E-state index contributed by atoms with van der Waals surface area (Å²) >= 11 is 4.90. The second-order valence-electron chi connectivity index (χ2n) is 5.17. The lowest BCUT2D eigenvalue weighted by atomic mass is 10.2. The molecule has 4 nitrogen and oxygen atoms in total. The van der Waals surface area contributed by atoms with Gasteiger partial charge in [0.25, 0.3) is 0 Å². The van der Waals surface area contributed by atoms with Crippen LogP contribution in [-0.4, -0.2) is 38.0 Å². The van der Waals surface area contributed by atoms with Crippen LogP contribution in [0.3, 0.4) is 0 Å². The van der Waals surface area contributed by atoms with E-state index in [2.05, 4.69) is 13.8 Å². The zero-order valence-corrected chi connectivity index (χ0v) is 13.7. The van der Waals surface area contributed by atoms with Crippen LogP contribution in [0.15, 0.2) is 24.3 Å². The van der Waals surface area contributed by atoms with Gasteiger partial charge in [0.2, 0.25) is 0 Å². The molecule has 0 aliphatic carbocycles. The number of benzene rings is 1. The maximum Gasteiger partial charge on any atom is 0.119 e. The first-order chi connectivity index (χ1) is 10.1. The van der Waals surface area contributed by atoms with Gasteiger partial charge in [-0.15, -0.1) is 0 Å². The summed E-state index contributed by atoms with van der Waals surface area (Å²) in [5.41, 5.74) is 6.38. The Morgan fingerprint density at radius 3 is 2.33 bits per heavy atom. The van der Waals surface area contributed by atoms with Crippen LogP contribution in [0.25, 0.3) is 0 Å². The average molecular weight is 311 g/mol. The molecule has 0 spiro atoms. The van der Waals surface area contributed by atoms with E-state index in [9.17, 15) is 0 Å². The van der Waals surface area contributed by atoms with Crippen molar-refractivity contribution in [1.82, 2.24) is 0 Å². The van der Waals surface area contributed by atoms with Crippen LogP contribution < -0.4 is 10.5 Å². The maximum atomic E-state index is 5.60. The van der Waals surface area contributed by atoms with Gasteiger partial charge in [0.15, 0.2) is 0 Å². The lowest BCUT2D eigenvalue weighted by Gasteiger charge is -2.09. The van der Waals surface area contributed by atoms with Crippen LogP contribution >= 0.6 is 12.2 Å². The van der Waals surface area contributed by atoms with Gasteiger partial charge in [0.05, 0.1) is 19.8 Å². The Morgan fingerprint density at radius 1 is 1.05 bits per heavy atom. The number of nitrogens with two attached hydrogens (primary N) is 1. The molecule has 1 rings (SSSR count). The Labute approximate surface area is 132 Å². The summed E-state index contributed by atoms with van der Waals surface area (Å²) in [5, 5.41) is 0. The van der Waals surface area contributed by atoms with E-state index in [1.54, 1.807) is 0 Å². The van der Waals surface area contributed by atoms with E-state index >= 15 is 0 Å². The Balaban J connectivity index is 2.00. The molecule has 0 radical (unpaired) electrons. The third-order valence-electron chi connectivity index (χ3n) is 2.66. The fourth-order valence-corrected chi connectivity index (χ4v) is 1.74. The van der Waals surface area contributed by atoms with Gasteiger partial charge < -0.3 is 19.9 Å². The molecule has 21 heavy (non-hydrogen) atoms. The van der Waals surface area contributed by atoms with Gasteiger partial charge in [-0.2, -0.15) is 0 Å². The van der Waals surface area contributed by atoms with E-state index < -0.39 is 0 Å². The van der Waals surface area contributed by atoms with Crippen molar-refractivity contribution in [3.05, 3.63) is 29.8 Å². The topological polar surface area (TPSA) is 53.7 Å². The van der Waals surface area contributed by atoms with Gasteiger partial charge in [0.1, 0.15) is 10.7 Å². The first-order valence-electron chi connectivity index (χ1n) is 7.27. The second-order valence-corrected chi connectivity index (χ2v) is 5.61. The van der Waals surface area contributed by atoms with E-state index in [-0.39, 0.29) is 0 Å². The standard InChI is InChI=1S/C16H25NO3S/c1-13(2)12-19-11-10-18-8-3-9-20-15-6-4-14(5-7-15)16(17)21/h4-7,13H,3,8-12H2,1-2H3,(H2,17,21). The summed E-state index contributed by atoms with van der Waals surface area (Å²) in [4.78, 5) is 0.398. The quantitative estimate of drug-likeness (QED) is 0.503. The van der Waals surface area contributed by atoms with Crippen molar-refractivity contribution in [2.24, 2.45) is 11.7 Å². The number of hydrogen-bond acceptors (Lipinski definition) is 4. The molecule has 1 aromatic rings. The van der Waals surface area contributed by atoms with Crippen molar-refractivity contribution >= 4 is 17.2 Å². The minimum absolute atomic E-state index is 0.398. The molecule has 0 unspecified atom stereocenters. The van der Waals surface area contributed by atoms with E-state index in [1.807, 2.05) is 24.3 Å². The molecule has 0 amide bonds. The Kier molecular flexibility index (Phi) is 8.98. The highest BCUT2D eigenvalue weighted by Gasteiger charge is 1.98. The smallest absolute Gasteiger partial charge is 0.119 e. The van der Waals surface area contributed by atoms with Crippen molar-refractivity contribution < 1.29 is 14.2 Å². The van der Waals surface area contributed by atoms with Gasteiger partial charge in [0, 0.05) is 25.2 Å². The Hall–Kier alpha value is -1.17. The Morgan fingerprint density at radius 2 is 1.71 bits per heavy atom. The average Bonchev–Trinajstić information content (AvgIpc) is 2.45. The molecule has 0 fully saturated rings. The lowest BCUT2D eigenvalue weighted by molar-refractivity contribution is 0.0343. The highest BCUT2D eigenvalue weighted by Crippen LogP contribution is 2.12. The van der Waals surface area contributed by atoms with Crippen LogP contribution in [0.4, 0.5) is 0 Å². The van der Waals surface area contributed by atoms with E-state index in [0.717, 1.165) is 24.3 Å². The van der Waals surface area contributed by atoms with Crippen molar-refractivity contribution in [1.29, 1.82) is 0 Å². The summed E-state index contributed by atoms with van der Waals surface area (Å²) in [6, 6.07) is 7.46. The molecule has 0 aliphatic heterocycles. The summed E-state index contributed by atoms with van der Waals surface area (Å²) in [6.07, 6.45) is 0.848. The minimum Gasteiger partial charge on any atom is -0.494 e. The molecule has 2 N–H and O–H groups in total. The molecule has 0 saturated heterocycles. The zero-order valence-electron chi connectivity index (χ0n) is 12.8. The molecule has 0 atom stereocenters. The largest absolute Gasteiger partial charge is 0.494 e. The molecular formula is C16H25NO3S. The molecule has 0 bridgehead atoms. The van der Waals surface area contributed by atoms with Crippen LogP contribution in [0, 0.1) is 5.92 Å². The summed E-state index contributed by atoms with van der Waals surface area (Å²) in [7, 11) is 0. The zero-order chi connectivity index (χ0) is 15.5. The number of thiocarbonyl (C=S) groups is 1. The molecule has 0 heterocycles. The minimum atomic E-state index is 0.398. The SMILES string of the molecule is CC(C)COCCOCCCOc1ccc(C(N)=S)cc1. The molecule has 0 aliphatic rings. The van der Waals surface area contributed by atoms with Crippen LogP contribution in [0.5, 0.6) is 5.75 Å². The fourth-order valence-electron chi connectivity index (χ4n) is 1.61. The van der Waals surface area contributed by atoms with Crippen molar-refractivity contribution in [3.63, 3.8) is 0 Å². The van der Waals surface area contributed by atoms with Gasteiger partial charge in [-0.1, -0.05) is 26.1 Å². The van der Waals surface area contributed by atoms with E-state index in [1.165, 1.54) is 0 Å². The number of rotatable bonds is 11. The third kappa shape index (κ3) is 8.65. The van der Waals surface area contributed by atoms with Gasteiger partial charge in [-0.3, -0.25) is 0 Å². The molecule has 1 aromatic carbocycles. The highest BCUT2D eigenvalue weighted by atomic mass is 32.1. The van der Waals surface area contributed by atoms with Gasteiger partial charge in [-0.05, 0) is 30.2 Å². The van der Waals surface area contributed by atoms with Crippen LogP contribution in [-0.2, 0) is 9.47 Å². The monoisotopic (exact) mass is 311 g/mol. The van der Waals surface area contributed by atoms with Crippen LogP contribution in [0.1, 0.15) is 25.8 Å². The predicted octanol–water partition coefficient (Wildman–Crippen LogP) is 2.78. The summed E-state index contributed by atoms with van der Waals surface area (Å²) in [5.74, 6) is 1.38. The number of ether oxygens (including phenoxy) is 3. The molecule has 118 valence electrons.